The van der Waals surface area contributed by atoms with Gasteiger partial charge in [0.05, 0.1) is 12.7 Å². The molecule has 1 aromatic heterocycles. The number of amides is 1. The second-order valence-corrected chi connectivity index (χ2v) is 5.56. The van der Waals surface area contributed by atoms with E-state index in [2.05, 4.69) is 5.32 Å². The van der Waals surface area contributed by atoms with Gasteiger partial charge < -0.3 is 19.6 Å². The number of carbonyl (C=O) groups is 2. The Balaban J connectivity index is 2.01. The summed E-state index contributed by atoms with van der Waals surface area (Å²) < 4.78 is 10.4. The molecule has 3 rings (SSSR count). The standard InChI is InChI=1S/C19H15NO6/c1-10-12(18(22)23)6-4-7-14(10)20-17(21)13-9-11-5-3-8-15(25-2)16(11)26-19(13)24/h3-9H,1-2H3,(H,20,21)(H,22,23). The number of hydrogen-bond acceptors (Lipinski definition) is 5. The Labute approximate surface area is 147 Å². The van der Waals surface area contributed by atoms with Crippen molar-refractivity contribution in [1.82, 2.24) is 0 Å². The smallest absolute Gasteiger partial charge is 0.349 e. The molecule has 2 aromatic carbocycles. The Bertz CT molecular complexity index is 1080. The maximum absolute atomic E-state index is 12.5. The lowest BCUT2D eigenvalue weighted by atomic mass is 10.1. The molecule has 7 heteroatoms. The second kappa shape index (κ2) is 6.72. The first kappa shape index (κ1) is 17.2. The largest absolute Gasteiger partial charge is 0.493 e. The number of nitrogens with one attached hydrogen (secondary N) is 1. The Kier molecular flexibility index (Phi) is 4.45. The molecule has 0 aliphatic carbocycles. The average Bonchev–Trinajstić information content (AvgIpc) is 2.62. The van der Waals surface area contributed by atoms with Crippen LogP contribution in [0.15, 0.2) is 51.7 Å². The predicted octanol–water partition coefficient (Wildman–Crippen LogP) is 3.06. The van der Waals surface area contributed by atoms with Crippen LogP contribution in [0.1, 0.15) is 26.3 Å². The Hall–Kier alpha value is -3.61. The third-order valence-electron chi connectivity index (χ3n) is 4.00. The first-order valence-electron chi connectivity index (χ1n) is 7.67. The number of hydrogen-bond donors (Lipinski definition) is 2. The number of carbonyl (C=O) groups excluding carboxylic acids is 1. The molecule has 1 amide bonds. The molecule has 0 bridgehead atoms. The molecule has 0 saturated heterocycles. The number of para-hydroxylation sites is 1. The van der Waals surface area contributed by atoms with Gasteiger partial charge in [0.15, 0.2) is 11.3 Å². The summed E-state index contributed by atoms with van der Waals surface area (Å²) >= 11 is 0. The highest BCUT2D eigenvalue weighted by Gasteiger charge is 2.18. The molecule has 26 heavy (non-hydrogen) atoms. The van der Waals surface area contributed by atoms with Crippen LogP contribution in [-0.4, -0.2) is 24.1 Å². The van der Waals surface area contributed by atoms with E-state index in [4.69, 9.17) is 14.3 Å². The number of benzene rings is 2. The molecule has 132 valence electrons. The number of anilines is 1. The fraction of sp³-hybridized carbons (Fsp3) is 0.105. The van der Waals surface area contributed by atoms with Crippen molar-refractivity contribution in [2.24, 2.45) is 0 Å². The summed E-state index contributed by atoms with van der Waals surface area (Å²) in [6.45, 7) is 1.58. The van der Waals surface area contributed by atoms with Crippen LogP contribution in [0.3, 0.4) is 0 Å². The van der Waals surface area contributed by atoms with Gasteiger partial charge in [0, 0.05) is 11.1 Å². The van der Waals surface area contributed by atoms with Crippen molar-refractivity contribution in [3.8, 4) is 5.75 Å². The number of fused-ring (bicyclic) bond motifs is 1. The quantitative estimate of drug-likeness (QED) is 0.698. The lowest BCUT2D eigenvalue weighted by molar-refractivity contribution is 0.0695. The van der Waals surface area contributed by atoms with Crippen LogP contribution in [-0.2, 0) is 0 Å². The summed E-state index contributed by atoms with van der Waals surface area (Å²) in [5, 5.41) is 12.3. The fourth-order valence-electron chi connectivity index (χ4n) is 2.63. The Morgan fingerprint density at radius 3 is 2.54 bits per heavy atom. The lowest BCUT2D eigenvalue weighted by Gasteiger charge is -2.10. The maximum Gasteiger partial charge on any atom is 0.349 e. The zero-order valence-corrected chi connectivity index (χ0v) is 14.0. The summed E-state index contributed by atoms with van der Waals surface area (Å²) in [5.41, 5.74) is 0.0105. The number of carboxylic acids is 1. The van der Waals surface area contributed by atoms with Crippen molar-refractivity contribution in [3.05, 3.63) is 69.6 Å². The van der Waals surface area contributed by atoms with Gasteiger partial charge in [0.25, 0.3) is 5.91 Å². The number of carboxylic acid groups (broad SMARTS) is 1. The number of aromatic carboxylic acids is 1. The molecule has 0 unspecified atom stereocenters. The van der Waals surface area contributed by atoms with Gasteiger partial charge in [0.1, 0.15) is 5.56 Å². The highest BCUT2D eigenvalue weighted by molar-refractivity contribution is 6.06. The van der Waals surface area contributed by atoms with Gasteiger partial charge in [-0.1, -0.05) is 18.2 Å². The minimum absolute atomic E-state index is 0.0677. The molecule has 3 aromatic rings. The van der Waals surface area contributed by atoms with E-state index in [1.54, 1.807) is 31.2 Å². The highest BCUT2D eigenvalue weighted by Crippen LogP contribution is 2.25. The molecule has 0 fully saturated rings. The van der Waals surface area contributed by atoms with Crippen molar-refractivity contribution in [2.75, 3.05) is 12.4 Å². The van der Waals surface area contributed by atoms with Crippen LogP contribution in [0.5, 0.6) is 5.75 Å². The van der Waals surface area contributed by atoms with Crippen LogP contribution >= 0.6 is 0 Å². The molecule has 2 N–H and O–H groups in total. The van der Waals surface area contributed by atoms with E-state index in [1.807, 2.05) is 0 Å². The van der Waals surface area contributed by atoms with E-state index >= 15 is 0 Å². The van der Waals surface area contributed by atoms with Crippen molar-refractivity contribution in [2.45, 2.75) is 6.92 Å². The van der Waals surface area contributed by atoms with Crippen molar-refractivity contribution < 1.29 is 23.8 Å². The third-order valence-corrected chi connectivity index (χ3v) is 4.00. The van der Waals surface area contributed by atoms with Crippen LogP contribution in [0.2, 0.25) is 0 Å². The van der Waals surface area contributed by atoms with Crippen LogP contribution in [0.25, 0.3) is 11.0 Å². The first-order chi connectivity index (χ1) is 12.4. The summed E-state index contributed by atoms with van der Waals surface area (Å²) in [6.07, 6.45) is 0. The topological polar surface area (TPSA) is 106 Å². The van der Waals surface area contributed by atoms with E-state index in [-0.39, 0.29) is 16.7 Å². The minimum Gasteiger partial charge on any atom is -0.493 e. The van der Waals surface area contributed by atoms with Crippen molar-refractivity contribution >= 4 is 28.5 Å². The van der Waals surface area contributed by atoms with E-state index in [1.165, 1.54) is 25.3 Å². The molecular formula is C19H15NO6. The van der Waals surface area contributed by atoms with E-state index < -0.39 is 17.5 Å². The molecule has 0 spiro atoms. The summed E-state index contributed by atoms with van der Waals surface area (Å²) in [5.74, 6) is -1.40. The number of rotatable bonds is 4. The molecule has 0 atom stereocenters. The van der Waals surface area contributed by atoms with Crippen molar-refractivity contribution in [3.63, 3.8) is 0 Å². The molecule has 0 radical (unpaired) electrons. The van der Waals surface area contributed by atoms with E-state index in [9.17, 15) is 14.4 Å². The Morgan fingerprint density at radius 1 is 1.12 bits per heavy atom. The second-order valence-electron chi connectivity index (χ2n) is 5.56. The summed E-state index contributed by atoms with van der Waals surface area (Å²) in [7, 11) is 1.45. The third kappa shape index (κ3) is 3.02. The normalized spacial score (nSPS) is 10.5. The van der Waals surface area contributed by atoms with Crippen LogP contribution in [0.4, 0.5) is 5.69 Å². The predicted molar refractivity (Wildman–Crippen MR) is 95.1 cm³/mol. The van der Waals surface area contributed by atoms with Gasteiger partial charge in [-0.05, 0) is 36.8 Å². The average molecular weight is 353 g/mol. The maximum atomic E-state index is 12.5. The Morgan fingerprint density at radius 2 is 1.85 bits per heavy atom. The number of methoxy groups -OCH3 is 1. The summed E-state index contributed by atoms with van der Waals surface area (Å²) in [6, 6.07) is 11.0. The zero-order chi connectivity index (χ0) is 18.8. The molecule has 7 nitrogen and oxygen atoms in total. The van der Waals surface area contributed by atoms with Gasteiger partial charge in [-0.3, -0.25) is 4.79 Å². The van der Waals surface area contributed by atoms with Gasteiger partial charge in [0.2, 0.25) is 0 Å². The van der Waals surface area contributed by atoms with E-state index in [0.717, 1.165) is 0 Å². The van der Waals surface area contributed by atoms with Gasteiger partial charge in [-0.25, -0.2) is 9.59 Å². The van der Waals surface area contributed by atoms with Gasteiger partial charge in [-0.2, -0.15) is 0 Å². The minimum atomic E-state index is -1.10. The number of ether oxygens (including phenoxy) is 1. The van der Waals surface area contributed by atoms with E-state index in [0.29, 0.717) is 22.4 Å². The summed E-state index contributed by atoms with van der Waals surface area (Å²) in [4.78, 5) is 35.9. The molecule has 0 aliphatic rings. The molecule has 0 saturated carbocycles. The fourth-order valence-corrected chi connectivity index (χ4v) is 2.63. The van der Waals surface area contributed by atoms with Crippen molar-refractivity contribution in [1.29, 1.82) is 0 Å². The molecular weight excluding hydrogens is 338 g/mol. The van der Waals surface area contributed by atoms with Gasteiger partial charge in [-0.15, -0.1) is 0 Å². The van der Waals surface area contributed by atoms with Gasteiger partial charge >= 0.3 is 11.6 Å². The van der Waals surface area contributed by atoms with Crippen LogP contribution < -0.4 is 15.7 Å². The highest BCUT2D eigenvalue weighted by atomic mass is 16.5. The molecule has 1 heterocycles. The molecule has 0 aliphatic heterocycles. The zero-order valence-electron chi connectivity index (χ0n) is 14.0. The lowest BCUT2D eigenvalue weighted by Crippen LogP contribution is -2.21. The van der Waals surface area contributed by atoms with Crippen LogP contribution in [0, 0.1) is 6.92 Å². The first-order valence-corrected chi connectivity index (χ1v) is 7.67. The monoisotopic (exact) mass is 353 g/mol. The SMILES string of the molecule is COc1cccc2cc(C(=O)Nc3cccc(C(=O)O)c3C)c(=O)oc12.